The Balaban J connectivity index is 1.67. The van der Waals surface area contributed by atoms with Gasteiger partial charge in [0.15, 0.2) is 6.61 Å². The number of thiazole rings is 1. The number of nitrogens with one attached hydrogen (secondary N) is 1. The Hall–Kier alpha value is -1.82. The van der Waals surface area contributed by atoms with Crippen molar-refractivity contribution in [3.8, 4) is 5.75 Å². The van der Waals surface area contributed by atoms with Crippen LogP contribution < -0.4 is 10.1 Å². The van der Waals surface area contributed by atoms with Crippen molar-refractivity contribution < 1.29 is 9.53 Å². The number of aromatic nitrogens is 1. The fourth-order valence-corrected chi connectivity index (χ4v) is 3.06. The molecule has 1 aromatic heterocycles. The molecule has 1 amide bonds. The number of carbonyl (C=O) groups is 1. The number of fused-ring (bicyclic) bond motifs is 1. The van der Waals surface area contributed by atoms with Crippen LogP contribution in [-0.2, 0) is 4.79 Å². The zero-order chi connectivity index (χ0) is 15.5. The van der Waals surface area contributed by atoms with Gasteiger partial charge in [-0.25, -0.2) is 4.98 Å². The molecule has 0 saturated heterocycles. The van der Waals surface area contributed by atoms with E-state index in [1.165, 1.54) is 11.3 Å². The number of halogens is 2. The highest BCUT2D eigenvalue weighted by Gasteiger charge is 2.10. The number of amides is 1. The topological polar surface area (TPSA) is 51.2 Å². The van der Waals surface area contributed by atoms with Crippen molar-refractivity contribution in [2.75, 3.05) is 11.9 Å². The molecule has 0 bridgehead atoms. The molecule has 3 rings (SSSR count). The molecule has 7 heteroatoms. The van der Waals surface area contributed by atoms with Crippen LogP contribution in [0.2, 0.25) is 10.0 Å². The summed E-state index contributed by atoms with van der Waals surface area (Å²) in [6.45, 7) is -0.0927. The summed E-state index contributed by atoms with van der Waals surface area (Å²) in [4.78, 5) is 16.2. The monoisotopic (exact) mass is 352 g/mol. The number of carbonyl (C=O) groups excluding carboxylic acids is 1. The summed E-state index contributed by atoms with van der Waals surface area (Å²) in [5, 5.41) is 3.98. The second kappa shape index (κ2) is 6.52. The third-order valence-corrected chi connectivity index (χ3v) is 4.31. The normalized spacial score (nSPS) is 10.6. The van der Waals surface area contributed by atoms with Gasteiger partial charge >= 0.3 is 0 Å². The first-order chi connectivity index (χ1) is 10.6. The molecule has 4 nitrogen and oxygen atoms in total. The Bertz CT molecular complexity index is 818. The first-order valence-electron chi connectivity index (χ1n) is 6.33. The van der Waals surface area contributed by atoms with Crippen LogP contribution in [0.25, 0.3) is 10.2 Å². The van der Waals surface area contributed by atoms with Gasteiger partial charge in [0.2, 0.25) is 0 Å². The summed E-state index contributed by atoms with van der Waals surface area (Å²) in [6, 6.07) is 10.3. The number of anilines is 1. The molecule has 0 radical (unpaired) electrons. The van der Waals surface area contributed by atoms with E-state index in [-0.39, 0.29) is 12.5 Å². The van der Waals surface area contributed by atoms with Gasteiger partial charge in [-0.2, -0.15) is 0 Å². The third kappa shape index (κ3) is 3.32. The van der Waals surface area contributed by atoms with Crippen LogP contribution >= 0.6 is 34.5 Å². The molecule has 22 heavy (non-hydrogen) atoms. The van der Waals surface area contributed by atoms with E-state index in [4.69, 9.17) is 27.9 Å². The lowest BCUT2D eigenvalue weighted by Gasteiger charge is -2.08. The van der Waals surface area contributed by atoms with Crippen molar-refractivity contribution in [3.63, 3.8) is 0 Å². The average Bonchev–Trinajstić information content (AvgIpc) is 3.00. The SMILES string of the molecule is O=C(COc1ccc(Cl)cc1)Nc1ccc(Cl)c2ncsc12. The van der Waals surface area contributed by atoms with Crippen molar-refractivity contribution in [1.29, 1.82) is 0 Å². The van der Waals surface area contributed by atoms with E-state index in [0.29, 0.717) is 27.0 Å². The van der Waals surface area contributed by atoms with Crippen LogP contribution in [0.15, 0.2) is 41.9 Å². The first kappa shape index (κ1) is 15.1. The molecule has 3 aromatic rings. The van der Waals surface area contributed by atoms with E-state index in [2.05, 4.69) is 10.3 Å². The van der Waals surface area contributed by atoms with E-state index in [9.17, 15) is 4.79 Å². The quantitative estimate of drug-likeness (QED) is 0.745. The first-order valence-corrected chi connectivity index (χ1v) is 7.97. The van der Waals surface area contributed by atoms with E-state index in [1.807, 2.05) is 0 Å². The maximum atomic E-state index is 12.0. The highest BCUT2D eigenvalue weighted by molar-refractivity contribution is 7.17. The standard InChI is InChI=1S/C15H10Cl2N2O2S/c16-9-1-3-10(4-2-9)21-7-13(20)19-12-6-5-11(17)14-15(12)22-8-18-14/h1-6,8H,7H2,(H,19,20). The predicted octanol–water partition coefficient (Wildman–Crippen LogP) is 4.62. The van der Waals surface area contributed by atoms with E-state index in [0.717, 1.165) is 4.70 Å². The number of ether oxygens (including phenoxy) is 1. The summed E-state index contributed by atoms with van der Waals surface area (Å²) < 4.78 is 6.24. The summed E-state index contributed by atoms with van der Waals surface area (Å²) in [5.74, 6) is 0.325. The lowest BCUT2D eigenvalue weighted by atomic mass is 10.3. The Morgan fingerprint density at radius 2 is 1.95 bits per heavy atom. The fraction of sp³-hybridized carbons (Fsp3) is 0.0667. The van der Waals surface area contributed by atoms with Crippen molar-refractivity contribution in [1.82, 2.24) is 4.98 Å². The smallest absolute Gasteiger partial charge is 0.262 e. The predicted molar refractivity (Wildman–Crippen MR) is 90.2 cm³/mol. The molecule has 0 aliphatic heterocycles. The van der Waals surface area contributed by atoms with Crippen molar-refractivity contribution in [3.05, 3.63) is 52.0 Å². The number of hydrogen-bond acceptors (Lipinski definition) is 4. The van der Waals surface area contributed by atoms with Gasteiger partial charge in [0.25, 0.3) is 5.91 Å². The van der Waals surface area contributed by atoms with Crippen LogP contribution in [0.3, 0.4) is 0 Å². The van der Waals surface area contributed by atoms with Crippen LogP contribution in [0.1, 0.15) is 0 Å². The molecule has 1 heterocycles. The summed E-state index contributed by atoms with van der Waals surface area (Å²) in [7, 11) is 0. The van der Waals surface area contributed by atoms with Gasteiger partial charge in [0.1, 0.15) is 11.3 Å². The zero-order valence-corrected chi connectivity index (χ0v) is 13.5. The Morgan fingerprint density at radius 3 is 2.73 bits per heavy atom. The summed E-state index contributed by atoms with van der Waals surface area (Å²) in [5.41, 5.74) is 3.05. The number of rotatable bonds is 4. The Morgan fingerprint density at radius 1 is 1.18 bits per heavy atom. The van der Waals surface area contributed by atoms with Gasteiger partial charge in [-0.3, -0.25) is 4.79 Å². The fourth-order valence-electron chi connectivity index (χ4n) is 1.88. The third-order valence-electron chi connectivity index (χ3n) is 2.89. The van der Waals surface area contributed by atoms with E-state index in [1.54, 1.807) is 41.9 Å². The van der Waals surface area contributed by atoms with Gasteiger partial charge in [-0.05, 0) is 36.4 Å². The lowest BCUT2D eigenvalue weighted by molar-refractivity contribution is -0.118. The molecule has 0 aliphatic rings. The van der Waals surface area contributed by atoms with Crippen LogP contribution in [0.5, 0.6) is 5.75 Å². The van der Waals surface area contributed by atoms with Gasteiger partial charge in [-0.15, -0.1) is 11.3 Å². The highest BCUT2D eigenvalue weighted by atomic mass is 35.5. The largest absolute Gasteiger partial charge is 0.484 e. The maximum absolute atomic E-state index is 12.0. The second-order valence-electron chi connectivity index (χ2n) is 4.42. The molecular formula is C15H10Cl2N2O2S. The minimum atomic E-state index is -0.257. The molecule has 0 aliphatic carbocycles. The number of hydrogen-bond donors (Lipinski definition) is 1. The second-order valence-corrected chi connectivity index (χ2v) is 6.11. The van der Waals surface area contributed by atoms with Crippen molar-refractivity contribution >= 4 is 56.3 Å². The maximum Gasteiger partial charge on any atom is 0.262 e. The van der Waals surface area contributed by atoms with Gasteiger partial charge in [0, 0.05) is 5.02 Å². The highest BCUT2D eigenvalue weighted by Crippen LogP contribution is 2.31. The molecule has 0 spiro atoms. The Kier molecular flexibility index (Phi) is 4.47. The van der Waals surface area contributed by atoms with E-state index < -0.39 is 0 Å². The molecular weight excluding hydrogens is 343 g/mol. The summed E-state index contributed by atoms with van der Waals surface area (Å²) >= 11 is 13.3. The molecule has 2 aromatic carbocycles. The van der Waals surface area contributed by atoms with Crippen LogP contribution in [0.4, 0.5) is 5.69 Å². The molecule has 0 atom stereocenters. The number of benzene rings is 2. The minimum absolute atomic E-state index is 0.0927. The van der Waals surface area contributed by atoms with Crippen LogP contribution in [0, 0.1) is 0 Å². The van der Waals surface area contributed by atoms with Gasteiger partial charge in [-0.1, -0.05) is 23.2 Å². The molecule has 0 unspecified atom stereocenters. The lowest BCUT2D eigenvalue weighted by Crippen LogP contribution is -2.20. The molecule has 1 N–H and O–H groups in total. The Labute approximate surface area is 140 Å². The minimum Gasteiger partial charge on any atom is -0.484 e. The van der Waals surface area contributed by atoms with Crippen molar-refractivity contribution in [2.45, 2.75) is 0 Å². The van der Waals surface area contributed by atoms with Crippen molar-refractivity contribution in [2.24, 2.45) is 0 Å². The molecule has 0 saturated carbocycles. The van der Waals surface area contributed by atoms with Gasteiger partial charge in [0.05, 0.1) is 20.9 Å². The molecule has 112 valence electrons. The van der Waals surface area contributed by atoms with Gasteiger partial charge < -0.3 is 10.1 Å². The van der Waals surface area contributed by atoms with E-state index >= 15 is 0 Å². The molecule has 0 fully saturated rings. The average molecular weight is 353 g/mol. The zero-order valence-electron chi connectivity index (χ0n) is 11.2. The summed E-state index contributed by atoms with van der Waals surface area (Å²) in [6.07, 6.45) is 0. The van der Waals surface area contributed by atoms with Crippen LogP contribution in [-0.4, -0.2) is 17.5 Å². The number of nitrogens with zero attached hydrogens (tertiary/aromatic N) is 1.